The van der Waals surface area contributed by atoms with Crippen molar-refractivity contribution < 1.29 is 4.39 Å². The Bertz CT molecular complexity index is 670. The van der Waals surface area contributed by atoms with Crippen LogP contribution in [0.5, 0.6) is 0 Å². The van der Waals surface area contributed by atoms with Crippen molar-refractivity contribution in [3.05, 3.63) is 46.4 Å². The van der Waals surface area contributed by atoms with Crippen molar-refractivity contribution in [2.45, 2.75) is 31.6 Å². The molecule has 1 aromatic heterocycles. The summed E-state index contributed by atoms with van der Waals surface area (Å²) in [7, 11) is 0. The van der Waals surface area contributed by atoms with Gasteiger partial charge in [-0.15, -0.1) is 0 Å². The van der Waals surface area contributed by atoms with E-state index in [-0.39, 0.29) is 17.4 Å². The number of H-pyrrole nitrogens is 1. The molecule has 2 aromatic rings. The summed E-state index contributed by atoms with van der Waals surface area (Å²) in [4.78, 5) is 12.0. The highest BCUT2D eigenvalue weighted by Crippen LogP contribution is 2.34. The van der Waals surface area contributed by atoms with Crippen LogP contribution in [0.15, 0.2) is 29.1 Å². The largest absolute Gasteiger partial charge is 0.347 e. The molecule has 0 spiro atoms. The predicted octanol–water partition coefficient (Wildman–Crippen LogP) is 1.93. The second-order valence-corrected chi connectivity index (χ2v) is 5.66. The normalized spacial score (nSPS) is 22.4. The first-order valence-corrected chi connectivity index (χ1v) is 7.32. The smallest absolute Gasteiger partial charge is 0.330 e. The van der Waals surface area contributed by atoms with Gasteiger partial charge in [-0.2, -0.15) is 5.10 Å². The molecule has 6 heteroatoms. The molecule has 0 bridgehead atoms. The Morgan fingerprint density at radius 1 is 1.33 bits per heavy atom. The molecule has 112 valence electrons. The van der Waals surface area contributed by atoms with Crippen molar-refractivity contribution in [1.29, 1.82) is 0 Å². The number of nitrogens with zero attached hydrogens (tertiary/aromatic N) is 2. The lowest BCUT2D eigenvalue weighted by Gasteiger charge is -2.27. The Morgan fingerprint density at radius 2 is 2.10 bits per heavy atom. The maximum absolute atomic E-state index is 13.4. The minimum atomic E-state index is -0.363. The molecule has 0 amide bonds. The number of hydrogen-bond donors (Lipinski definition) is 2. The fourth-order valence-corrected chi connectivity index (χ4v) is 3.10. The Hall–Kier alpha value is -1.95. The van der Waals surface area contributed by atoms with Crippen molar-refractivity contribution in [2.75, 3.05) is 6.54 Å². The van der Waals surface area contributed by atoms with Gasteiger partial charge in [0, 0.05) is 5.92 Å². The third-order valence-electron chi connectivity index (χ3n) is 4.31. The van der Waals surface area contributed by atoms with Crippen LogP contribution < -0.4 is 11.4 Å². The molecular weight excluding hydrogens is 271 g/mol. The fourth-order valence-electron chi connectivity index (χ4n) is 3.10. The van der Waals surface area contributed by atoms with Crippen LogP contribution in [0, 0.1) is 11.7 Å². The van der Waals surface area contributed by atoms with Gasteiger partial charge in [0.25, 0.3) is 0 Å². The first-order valence-electron chi connectivity index (χ1n) is 7.32. The van der Waals surface area contributed by atoms with E-state index in [1.807, 2.05) is 0 Å². The van der Waals surface area contributed by atoms with Crippen molar-refractivity contribution in [3.63, 3.8) is 0 Å². The van der Waals surface area contributed by atoms with Crippen molar-refractivity contribution in [1.82, 2.24) is 14.8 Å². The number of aromatic nitrogens is 3. The Kier molecular flexibility index (Phi) is 3.88. The molecule has 5 nitrogen and oxygen atoms in total. The number of nitrogens with two attached hydrogens (primary N) is 1. The molecule has 1 saturated carbocycles. The highest BCUT2D eigenvalue weighted by atomic mass is 19.1. The Labute approximate surface area is 122 Å². The van der Waals surface area contributed by atoms with E-state index in [9.17, 15) is 9.18 Å². The number of aromatic amines is 1. The minimum absolute atomic E-state index is 0.218. The highest BCUT2D eigenvalue weighted by Gasteiger charge is 2.26. The lowest BCUT2D eigenvalue weighted by Crippen LogP contribution is -2.24. The number of halogens is 1. The topological polar surface area (TPSA) is 76.7 Å². The van der Waals surface area contributed by atoms with Crippen LogP contribution >= 0.6 is 0 Å². The first-order chi connectivity index (χ1) is 10.2. The monoisotopic (exact) mass is 290 g/mol. The molecule has 0 atom stereocenters. The standard InChI is InChI=1S/C15H19FN4O/c16-12-2-1-3-13(8-12)20-14(18-19-15(20)21)11-6-4-10(9-17)5-7-11/h1-3,8,10-11H,4-7,9,17H2,(H,19,21). The van der Waals surface area contributed by atoms with Gasteiger partial charge in [0.1, 0.15) is 11.6 Å². The average Bonchev–Trinajstić information content (AvgIpc) is 2.89. The Balaban J connectivity index is 1.93. The molecule has 0 radical (unpaired) electrons. The maximum Gasteiger partial charge on any atom is 0.347 e. The van der Waals surface area contributed by atoms with Gasteiger partial charge >= 0.3 is 5.69 Å². The van der Waals surface area contributed by atoms with Crippen molar-refractivity contribution in [3.8, 4) is 5.69 Å². The van der Waals surface area contributed by atoms with Crippen molar-refractivity contribution >= 4 is 0 Å². The zero-order chi connectivity index (χ0) is 14.8. The molecule has 3 rings (SSSR count). The van der Waals surface area contributed by atoms with Gasteiger partial charge in [0.15, 0.2) is 0 Å². The van der Waals surface area contributed by atoms with Crippen LogP contribution in [0.4, 0.5) is 4.39 Å². The second-order valence-electron chi connectivity index (χ2n) is 5.66. The van der Waals surface area contributed by atoms with Crippen molar-refractivity contribution in [2.24, 2.45) is 11.7 Å². The molecule has 3 N–H and O–H groups in total. The second kappa shape index (κ2) is 5.81. The van der Waals surface area contributed by atoms with Crippen LogP contribution in [-0.4, -0.2) is 21.3 Å². The molecule has 0 aliphatic heterocycles. The van der Waals surface area contributed by atoms with Crippen LogP contribution in [0.25, 0.3) is 5.69 Å². The Morgan fingerprint density at radius 3 is 2.76 bits per heavy atom. The van der Waals surface area contributed by atoms with E-state index in [0.29, 0.717) is 24.0 Å². The van der Waals surface area contributed by atoms with E-state index in [1.165, 1.54) is 16.7 Å². The van der Waals surface area contributed by atoms with Gasteiger partial charge in [0.2, 0.25) is 0 Å². The third-order valence-corrected chi connectivity index (χ3v) is 4.31. The van der Waals surface area contributed by atoms with E-state index < -0.39 is 0 Å². The van der Waals surface area contributed by atoms with E-state index in [1.54, 1.807) is 12.1 Å². The summed E-state index contributed by atoms with van der Waals surface area (Å²) in [5.41, 5.74) is 5.91. The van der Waals surface area contributed by atoms with Crippen LogP contribution in [0.1, 0.15) is 37.4 Å². The molecule has 1 aliphatic carbocycles. The lowest BCUT2D eigenvalue weighted by molar-refractivity contribution is 0.323. The van der Waals surface area contributed by atoms with Gasteiger partial charge in [-0.05, 0) is 56.3 Å². The molecule has 0 unspecified atom stereocenters. The quantitative estimate of drug-likeness (QED) is 0.907. The van der Waals surface area contributed by atoms with E-state index in [0.717, 1.165) is 25.7 Å². The van der Waals surface area contributed by atoms with Gasteiger partial charge in [-0.1, -0.05) is 6.07 Å². The molecule has 1 heterocycles. The summed E-state index contributed by atoms with van der Waals surface area (Å²) in [6.07, 6.45) is 4.01. The first kappa shape index (κ1) is 14.0. The number of benzene rings is 1. The molecule has 21 heavy (non-hydrogen) atoms. The highest BCUT2D eigenvalue weighted by molar-refractivity contribution is 5.33. The van der Waals surface area contributed by atoms with E-state index >= 15 is 0 Å². The van der Waals surface area contributed by atoms with Gasteiger partial charge in [0.05, 0.1) is 5.69 Å². The molecular formula is C15H19FN4O. The predicted molar refractivity (Wildman–Crippen MR) is 77.9 cm³/mol. The lowest BCUT2D eigenvalue weighted by atomic mass is 9.81. The third kappa shape index (κ3) is 2.76. The zero-order valence-electron chi connectivity index (χ0n) is 11.8. The number of hydrogen-bond acceptors (Lipinski definition) is 3. The van der Waals surface area contributed by atoms with E-state index in [2.05, 4.69) is 10.2 Å². The minimum Gasteiger partial charge on any atom is -0.330 e. The SMILES string of the molecule is NCC1CCC(c2n[nH]c(=O)n2-c2cccc(F)c2)CC1. The average molecular weight is 290 g/mol. The molecule has 1 fully saturated rings. The summed E-state index contributed by atoms with van der Waals surface area (Å²) in [5, 5.41) is 6.66. The number of nitrogens with one attached hydrogen (secondary N) is 1. The molecule has 1 aliphatic rings. The van der Waals surface area contributed by atoms with Crippen LogP contribution in [0.2, 0.25) is 0 Å². The summed E-state index contributed by atoms with van der Waals surface area (Å²) in [6.45, 7) is 0.712. The summed E-state index contributed by atoms with van der Waals surface area (Å²) < 4.78 is 14.9. The summed E-state index contributed by atoms with van der Waals surface area (Å²) >= 11 is 0. The number of rotatable bonds is 3. The van der Waals surface area contributed by atoms with E-state index in [4.69, 9.17) is 5.73 Å². The fraction of sp³-hybridized carbons (Fsp3) is 0.467. The summed E-state index contributed by atoms with van der Waals surface area (Å²) in [5.74, 6) is 1.11. The van der Waals surface area contributed by atoms with Gasteiger partial charge < -0.3 is 5.73 Å². The van der Waals surface area contributed by atoms with Crippen LogP contribution in [0.3, 0.4) is 0 Å². The molecule has 0 saturated heterocycles. The van der Waals surface area contributed by atoms with Gasteiger partial charge in [-0.25, -0.2) is 18.9 Å². The van der Waals surface area contributed by atoms with Crippen LogP contribution in [-0.2, 0) is 0 Å². The maximum atomic E-state index is 13.4. The molecule has 1 aromatic carbocycles. The zero-order valence-corrected chi connectivity index (χ0v) is 11.8. The van der Waals surface area contributed by atoms with Gasteiger partial charge in [-0.3, -0.25) is 0 Å². The summed E-state index contributed by atoms with van der Waals surface area (Å²) in [6, 6.07) is 6.03.